The van der Waals surface area contributed by atoms with Crippen LogP contribution in [0.3, 0.4) is 0 Å². The Kier molecular flexibility index (Phi) is 4.43. The van der Waals surface area contributed by atoms with E-state index in [2.05, 4.69) is 5.32 Å². The van der Waals surface area contributed by atoms with Gasteiger partial charge in [0.2, 0.25) is 0 Å². The smallest absolute Gasteiger partial charge is 0.251 e. The Morgan fingerprint density at radius 2 is 2.21 bits per heavy atom. The van der Waals surface area contributed by atoms with Crippen molar-refractivity contribution in [3.8, 4) is 0 Å². The van der Waals surface area contributed by atoms with Crippen LogP contribution in [-0.4, -0.2) is 32.6 Å². The first-order valence-electron chi connectivity index (χ1n) is 6.89. The zero-order valence-corrected chi connectivity index (χ0v) is 11.7. The molecule has 1 aromatic rings. The van der Waals surface area contributed by atoms with E-state index in [4.69, 9.17) is 5.73 Å². The Bertz CT molecular complexity index is 445. The standard InChI is InChI=1S/C15H23N3O/c1-18(2)13-7-3-5-11(9-13)15(19)17-10-12-6-4-8-14(12)16/h3,5,7,9,12,14H,4,6,8,10,16H2,1-2H3,(H,17,19). The van der Waals surface area contributed by atoms with Gasteiger partial charge in [0.05, 0.1) is 0 Å². The number of carbonyl (C=O) groups excluding carboxylic acids is 1. The van der Waals surface area contributed by atoms with Crippen LogP contribution in [0.15, 0.2) is 24.3 Å². The van der Waals surface area contributed by atoms with Gasteiger partial charge in [0.25, 0.3) is 5.91 Å². The van der Waals surface area contributed by atoms with Crippen molar-refractivity contribution >= 4 is 11.6 Å². The molecule has 0 aromatic heterocycles. The van der Waals surface area contributed by atoms with Gasteiger partial charge in [0.15, 0.2) is 0 Å². The van der Waals surface area contributed by atoms with Crippen molar-refractivity contribution in [2.45, 2.75) is 25.3 Å². The van der Waals surface area contributed by atoms with Crippen LogP contribution in [0, 0.1) is 5.92 Å². The number of nitrogens with two attached hydrogens (primary N) is 1. The minimum Gasteiger partial charge on any atom is -0.378 e. The lowest BCUT2D eigenvalue weighted by atomic mass is 10.0. The summed E-state index contributed by atoms with van der Waals surface area (Å²) in [4.78, 5) is 14.1. The van der Waals surface area contributed by atoms with Crippen molar-refractivity contribution in [2.75, 3.05) is 25.5 Å². The van der Waals surface area contributed by atoms with Crippen LogP contribution < -0.4 is 16.0 Å². The highest BCUT2D eigenvalue weighted by Gasteiger charge is 2.24. The van der Waals surface area contributed by atoms with Gasteiger partial charge in [-0.05, 0) is 37.0 Å². The zero-order chi connectivity index (χ0) is 13.8. The molecule has 0 radical (unpaired) electrons. The summed E-state index contributed by atoms with van der Waals surface area (Å²) < 4.78 is 0. The van der Waals surface area contributed by atoms with Crippen molar-refractivity contribution in [2.24, 2.45) is 11.7 Å². The van der Waals surface area contributed by atoms with Crippen LogP contribution in [0.1, 0.15) is 29.6 Å². The Morgan fingerprint density at radius 3 is 2.84 bits per heavy atom. The molecule has 0 spiro atoms. The average Bonchev–Trinajstić information content (AvgIpc) is 2.81. The maximum atomic E-state index is 12.1. The van der Waals surface area contributed by atoms with E-state index >= 15 is 0 Å². The molecule has 2 atom stereocenters. The molecule has 1 fully saturated rings. The van der Waals surface area contributed by atoms with E-state index in [1.54, 1.807) is 0 Å². The minimum absolute atomic E-state index is 0.0113. The van der Waals surface area contributed by atoms with Gasteiger partial charge in [-0.3, -0.25) is 4.79 Å². The predicted octanol–water partition coefficient (Wildman–Crippen LogP) is 1.61. The molecule has 1 amide bonds. The van der Waals surface area contributed by atoms with E-state index in [-0.39, 0.29) is 11.9 Å². The molecule has 104 valence electrons. The molecule has 0 bridgehead atoms. The van der Waals surface area contributed by atoms with Crippen molar-refractivity contribution in [3.05, 3.63) is 29.8 Å². The lowest BCUT2D eigenvalue weighted by Crippen LogP contribution is -2.36. The van der Waals surface area contributed by atoms with Crippen LogP contribution in [-0.2, 0) is 0 Å². The number of nitrogens with one attached hydrogen (secondary N) is 1. The van der Waals surface area contributed by atoms with Gasteiger partial charge in [-0.1, -0.05) is 12.5 Å². The second kappa shape index (κ2) is 6.06. The SMILES string of the molecule is CN(C)c1cccc(C(=O)NCC2CCCC2N)c1. The number of rotatable bonds is 4. The first-order valence-corrected chi connectivity index (χ1v) is 6.89. The lowest BCUT2D eigenvalue weighted by molar-refractivity contribution is 0.0946. The fraction of sp³-hybridized carbons (Fsp3) is 0.533. The molecule has 0 heterocycles. The maximum absolute atomic E-state index is 12.1. The fourth-order valence-electron chi connectivity index (χ4n) is 2.57. The number of carbonyl (C=O) groups is 1. The van der Waals surface area contributed by atoms with Crippen LogP contribution in [0.2, 0.25) is 0 Å². The number of amides is 1. The summed E-state index contributed by atoms with van der Waals surface area (Å²) in [6.07, 6.45) is 3.38. The molecule has 1 saturated carbocycles. The van der Waals surface area contributed by atoms with Crippen molar-refractivity contribution < 1.29 is 4.79 Å². The van der Waals surface area contributed by atoms with E-state index in [9.17, 15) is 4.79 Å². The van der Waals surface area contributed by atoms with Crippen LogP contribution in [0.5, 0.6) is 0 Å². The highest BCUT2D eigenvalue weighted by Crippen LogP contribution is 2.23. The van der Waals surface area contributed by atoms with E-state index in [0.717, 1.165) is 18.5 Å². The minimum atomic E-state index is -0.0113. The molecule has 0 aliphatic heterocycles. The topological polar surface area (TPSA) is 58.4 Å². The largest absolute Gasteiger partial charge is 0.378 e. The third-order valence-corrected chi connectivity index (χ3v) is 3.87. The second-order valence-corrected chi connectivity index (χ2v) is 5.51. The van der Waals surface area contributed by atoms with Crippen molar-refractivity contribution in [1.29, 1.82) is 0 Å². The summed E-state index contributed by atoms with van der Waals surface area (Å²) in [7, 11) is 3.93. The summed E-state index contributed by atoms with van der Waals surface area (Å²) in [6.45, 7) is 0.687. The number of benzene rings is 1. The molecule has 1 aromatic carbocycles. The fourth-order valence-corrected chi connectivity index (χ4v) is 2.57. The van der Waals surface area contributed by atoms with Gasteiger partial charge in [-0.2, -0.15) is 0 Å². The molecular formula is C15H23N3O. The highest BCUT2D eigenvalue weighted by molar-refractivity contribution is 5.95. The summed E-state index contributed by atoms with van der Waals surface area (Å²) in [5.74, 6) is 0.420. The van der Waals surface area contributed by atoms with Gasteiger partial charge in [-0.25, -0.2) is 0 Å². The molecule has 2 unspecified atom stereocenters. The average molecular weight is 261 g/mol. The predicted molar refractivity (Wildman–Crippen MR) is 78.4 cm³/mol. The number of hydrogen-bond donors (Lipinski definition) is 2. The Morgan fingerprint density at radius 1 is 1.42 bits per heavy atom. The van der Waals surface area contributed by atoms with E-state index in [1.807, 2.05) is 43.3 Å². The molecule has 4 nitrogen and oxygen atoms in total. The molecule has 3 N–H and O–H groups in total. The molecule has 1 aliphatic rings. The molecule has 1 aliphatic carbocycles. The Balaban J connectivity index is 1.94. The van der Waals surface area contributed by atoms with E-state index in [1.165, 1.54) is 6.42 Å². The molecule has 4 heteroatoms. The molecule has 2 rings (SSSR count). The quantitative estimate of drug-likeness (QED) is 0.865. The summed E-state index contributed by atoms with van der Waals surface area (Å²) in [5.41, 5.74) is 7.75. The lowest BCUT2D eigenvalue weighted by Gasteiger charge is -2.17. The first-order chi connectivity index (χ1) is 9.08. The third-order valence-electron chi connectivity index (χ3n) is 3.87. The summed E-state index contributed by atoms with van der Waals surface area (Å²) in [6, 6.07) is 7.89. The maximum Gasteiger partial charge on any atom is 0.251 e. The number of anilines is 1. The van der Waals surface area contributed by atoms with Gasteiger partial charge in [0, 0.05) is 37.9 Å². The first kappa shape index (κ1) is 13.9. The van der Waals surface area contributed by atoms with Crippen molar-refractivity contribution in [3.63, 3.8) is 0 Å². The van der Waals surface area contributed by atoms with Crippen LogP contribution in [0.4, 0.5) is 5.69 Å². The van der Waals surface area contributed by atoms with E-state index < -0.39 is 0 Å². The van der Waals surface area contributed by atoms with Gasteiger partial charge in [0.1, 0.15) is 0 Å². The normalized spacial score (nSPS) is 22.3. The van der Waals surface area contributed by atoms with Crippen molar-refractivity contribution in [1.82, 2.24) is 5.32 Å². The van der Waals surface area contributed by atoms with Gasteiger partial charge in [-0.15, -0.1) is 0 Å². The molecule has 19 heavy (non-hydrogen) atoms. The van der Waals surface area contributed by atoms with Gasteiger partial charge < -0.3 is 16.0 Å². The summed E-state index contributed by atoms with van der Waals surface area (Å²) >= 11 is 0. The third kappa shape index (κ3) is 3.47. The monoisotopic (exact) mass is 261 g/mol. The molecular weight excluding hydrogens is 238 g/mol. The van der Waals surface area contributed by atoms with E-state index in [0.29, 0.717) is 18.0 Å². The second-order valence-electron chi connectivity index (χ2n) is 5.51. The number of nitrogens with zero attached hydrogens (tertiary/aromatic N) is 1. The molecule has 0 saturated heterocycles. The summed E-state index contributed by atoms with van der Waals surface area (Å²) in [5, 5.41) is 3.00. The zero-order valence-electron chi connectivity index (χ0n) is 11.7. The van der Waals surface area contributed by atoms with Crippen LogP contribution in [0.25, 0.3) is 0 Å². The highest BCUT2D eigenvalue weighted by atomic mass is 16.1. The number of hydrogen-bond acceptors (Lipinski definition) is 3. The van der Waals surface area contributed by atoms with Gasteiger partial charge >= 0.3 is 0 Å². The Hall–Kier alpha value is -1.55. The Labute approximate surface area is 115 Å². The van der Waals surface area contributed by atoms with Crippen LogP contribution >= 0.6 is 0 Å².